The quantitative estimate of drug-likeness (QED) is 0.753. The van der Waals surface area contributed by atoms with Gasteiger partial charge in [-0.3, -0.25) is 0 Å². The Bertz CT molecular complexity index is 744. The first-order valence-electron chi connectivity index (χ1n) is 5.74. The minimum atomic E-state index is 0.244. The second-order valence-corrected chi connectivity index (χ2v) is 4.53. The Morgan fingerprint density at radius 2 is 1.84 bits per heavy atom. The fourth-order valence-electron chi connectivity index (χ4n) is 1.74. The molecule has 0 amide bonds. The highest BCUT2D eigenvalue weighted by Gasteiger charge is 2.03. The molecule has 0 unspecified atom stereocenters. The summed E-state index contributed by atoms with van der Waals surface area (Å²) in [6, 6.07) is 12.2. The van der Waals surface area contributed by atoms with Crippen molar-refractivity contribution in [2.24, 2.45) is 0 Å². The molecule has 0 fully saturated rings. The first-order chi connectivity index (χ1) is 9.20. The van der Waals surface area contributed by atoms with Crippen LogP contribution in [0.25, 0.3) is 23.3 Å². The molecule has 94 valence electrons. The lowest BCUT2D eigenvalue weighted by Gasteiger charge is -1.92. The zero-order valence-electron chi connectivity index (χ0n) is 9.88. The van der Waals surface area contributed by atoms with Gasteiger partial charge in [-0.05, 0) is 42.0 Å². The van der Waals surface area contributed by atoms with E-state index in [1.165, 1.54) is 0 Å². The van der Waals surface area contributed by atoms with Crippen LogP contribution in [0.1, 0.15) is 11.5 Å². The van der Waals surface area contributed by atoms with Gasteiger partial charge in [0.05, 0.1) is 0 Å². The van der Waals surface area contributed by atoms with Crippen LogP contribution >= 0.6 is 11.6 Å². The minimum absolute atomic E-state index is 0.244. The van der Waals surface area contributed by atoms with E-state index in [9.17, 15) is 5.11 Å². The Morgan fingerprint density at radius 3 is 2.63 bits per heavy atom. The molecule has 0 saturated carbocycles. The van der Waals surface area contributed by atoms with Gasteiger partial charge < -0.3 is 9.52 Å². The average molecular weight is 272 g/mol. The second kappa shape index (κ2) is 4.78. The van der Waals surface area contributed by atoms with Gasteiger partial charge in [-0.1, -0.05) is 23.7 Å². The van der Waals surface area contributed by atoms with E-state index < -0.39 is 0 Å². The maximum Gasteiger partial charge on any atom is 0.220 e. The van der Waals surface area contributed by atoms with Crippen LogP contribution in [0, 0.1) is 0 Å². The molecule has 1 N–H and O–H groups in total. The highest BCUT2D eigenvalue weighted by Crippen LogP contribution is 2.21. The smallest absolute Gasteiger partial charge is 0.220 e. The molecule has 3 aromatic rings. The topological polar surface area (TPSA) is 46.3 Å². The van der Waals surface area contributed by atoms with Crippen LogP contribution < -0.4 is 0 Å². The van der Waals surface area contributed by atoms with Crippen molar-refractivity contribution in [3.63, 3.8) is 0 Å². The number of phenols is 1. The van der Waals surface area contributed by atoms with Crippen molar-refractivity contribution in [2.45, 2.75) is 0 Å². The minimum Gasteiger partial charge on any atom is -0.508 e. The first kappa shape index (κ1) is 11.8. The standard InChI is InChI=1S/C15H10ClNO2/c16-11-4-7-14-13(9-11)17-15(19-14)8-3-10-1-5-12(18)6-2-10/h1-9,18H/b8-3+. The number of oxazole rings is 1. The summed E-state index contributed by atoms with van der Waals surface area (Å²) in [4.78, 5) is 4.32. The second-order valence-electron chi connectivity index (χ2n) is 4.09. The highest BCUT2D eigenvalue weighted by molar-refractivity contribution is 6.31. The third kappa shape index (κ3) is 2.61. The van der Waals surface area contributed by atoms with Crippen LogP contribution in [0.5, 0.6) is 5.75 Å². The van der Waals surface area contributed by atoms with E-state index in [0.717, 1.165) is 11.1 Å². The molecule has 0 saturated heterocycles. The number of hydrogen-bond donors (Lipinski definition) is 1. The van der Waals surface area contributed by atoms with E-state index in [1.54, 1.807) is 36.4 Å². The Labute approximate surface area is 114 Å². The SMILES string of the molecule is Oc1ccc(/C=C/c2nc3cc(Cl)ccc3o2)cc1. The zero-order valence-corrected chi connectivity index (χ0v) is 10.6. The number of aromatic hydroxyl groups is 1. The number of halogens is 1. The number of hydrogen-bond acceptors (Lipinski definition) is 3. The molecule has 0 aliphatic rings. The number of nitrogens with zero attached hydrogens (tertiary/aromatic N) is 1. The van der Waals surface area contributed by atoms with Gasteiger partial charge in [0, 0.05) is 11.1 Å². The maximum absolute atomic E-state index is 9.20. The van der Waals surface area contributed by atoms with Crippen LogP contribution in [-0.2, 0) is 0 Å². The lowest BCUT2D eigenvalue weighted by molar-refractivity contribution is 0.475. The Hall–Kier alpha value is -2.26. The molecule has 0 aliphatic carbocycles. The van der Waals surface area contributed by atoms with Crippen LogP contribution in [-0.4, -0.2) is 10.1 Å². The zero-order chi connectivity index (χ0) is 13.2. The first-order valence-corrected chi connectivity index (χ1v) is 6.12. The van der Waals surface area contributed by atoms with Gasteiger partial charge in [0.25, 0.3) is 0 Å². The third-order valence-corrected chi connectivity index (χ3v) is 2.91. The van der Waals surface area contributed by atoms with Crippen molar-refractivity contribution in [3.05, 3.63) is 58.9 Å². The molecule has 4 heteroatoms. The molecule has 3 rings (SSSR count). The van der Waals surface area contributed by atoms with Crippen molar-refractivity contribution >= 4 is 34.9 Å². The normalized spacial score (nSPS) is 11.4. The molecule has 19 heavy (non-hydrogen) atoms. The Balaban J connectivity index is 1.90. The van der Waals surface area contributed by atoms with E-state index in [0.29, 0.717) is 16.5 Å². The largest absolute Gasteiger partial charge is 0.508 e. The van der Waals surface area contributed by atoms with Crippen molar-refractivity contribution < 1.29 is 9.52 Å². The number of phenolic OH excluding ortho intramolecular Hbond substituents is 1. The molecular formula is C15H10ClNO2. The molecule has 0 aliphatic heterocycles. The van der Waals surface area contributed by atoms with Crippen molar-refractivity contribution in [2.75, 3.05) is 0 Å². The van der Waals surface area contributed by atoms with Gasteiger partial charge in [-0.2, -0.15) is 0 Å². The van der Waals surface area contributed by atoms with E-state index >= 15 is 0 Å². The van der Waals surface area contributed by atoms with Crippen LogP contribution in [0.4, 0.5) is 0 Å². The fraction of sp³-hybridized carbons (Fsp3) is 0. The van der Waals surface area contributed by atoms with Crippen LogP contribution in [0.2, 0.25) is 5.02 Å². The monoisotopic (exact) mass is 271 g/mol. The summed E-state index contributed by atoms with van der Waals surface area (Å²) < 4.78 is 5.56. The molecule has 3 nitrogen and oxygen atoms in total. The van der Waals surface area contributed by atoms with Gasteiger partial charge in [0.2, 0.25) is 5.89 Å². The summed E-state index contributed by atoms with van der Waals surface area (Å²) >= 11 is 5.89. The summed E-state index contributed by atoms with van der Waals surface area (Å²) in [6.45, 7) is 0. The van der Waals surface area contributed by atoms with Gasteiger partial charge in [0.1, 0.15) is 11.3 Å². The number of rotatable bonds is 2. The van der Waals surface area contributed by atoms with E-state index in [-0.39, 0.29) is 5.75 Å². The summed E-state index contributed by atoms with van der Waals surface area (Å²) in [7, 11) is 0. The summed E-state index contributed by atoms with van der Waals surface area (Å²) in [6.07, 6.45) is 3.64. The van der Waals surface area contributed by atoms with Gasteiger partial charge in [-0.25, -0.2) is 4.98 Å². The third-order valence-electron chi connectivity index (χ3n) is 2.68. The lowest BCUT2D eigenvalue weighted by Crippen LogP contribution is -1.72. The summed E-state index contributed by atoms with van der Waals surface area (Å²) in [5.41, 5.74) is 2.39. The van der Waals surface area contributed by atoms with Crippen molar-refractivity contribution in [3.8, 4) is 5.75 Å². The average Bonchev–Trinajstić information content (AvgIpc) is 2.80. The van der Waals surface area contributed by atoms with Gasteiger partial charge in [-0.15, -0.1) is 0 Å². The molecule has 1 heterocycles. The van der Waals surface area contributed by atoms with E-state index in [4.69, 9.17) is 16.0 Å². The lowest BCUT2D eigenvalue weighted by atomic mass is 10.2. The van der Waals surface area contributed by atoms with Crippen molar-refractivity contribution in [1.82, 2.24) is 4.98 Å². The molecule has 0 bridgehead atoms. The fourth-order valence-corrected chi connectivity index (χ4v) is 1.91. The Morgan fingerprint density at radius 1 is 1.05 bits per heavy atom. The van der Waals surface area contributed by atoms with E-state index in [1.807, 2.05) is 18.2 Å². The maximum atomic E-state index is 9.20. The molecule has 0 spiro atoms. The van der Waals surface area contributed by atoms with Gasteiger partial charge in [0.15, 0.2) is 5.58 Å². The van der Waals surface area contributed by atoms with Crippen LogP contribution in [0.15, 0.2) is 46.9 Å². The molecular weight excluding hydrogens is 262 g/mol. The molecule has 2 aromatic carbocycles. The highest BCUT2D eigenvalue weighted by atomic mass is 35.5. The predicted octanol–water partition coefficient (Wildman–Crippen LogP) is 4.36. The number of fused-ring (bicyclic) bond motifs is 1. The molecule has 1 aromatic heterocycles. The summed E-state index contributed by atoms with van der Waals surface area (Å²) in [5.74, 6) is 0.763. The molecule has 0 atom stereocenters. The summed E-state index contributed by atoms with van der Waals surface area (Å²) in [5, 5.41) is 9.83. The van der Waals surface area contributed by atoms with E-state index in [2.05, 4.69) is 4.98 Å². The predicted molar refractivity (Wildman–Crippen MR) is 76.1 cm³/mol. The number of benzene rings is 2. The van der Waals surface area contributed by atoms with Crippen LogP contribution in [0.3, 0.4) is 0 Å². The number of aromatic nitrogens is 1. The van der Waals surface area contributed by atoms with Gasteiger partial charge >= 0.3 is 0 Å². The van der Waals surface area contributed by atoms with Crippen molar-refractivity contribution in [1.29, 1.82) is 0 Å². The molecule has 0 radical (unpaired) electrons. The Kier molecular flexibility index (Phi) is 2.97.